The molecule has 15 heavy (non-hydrogen) atoms. The Labute approximate surface area is 103 Å². The van der Waals surface area contributed by atoms with Crippen LogP contribution in [0, 0.1) is 5.92 Å². The van der Waals surface area contributed by atoms with E-state index in [0.717, 1.165) is 24.4 Å². The third-order valence-corrected chi connectivity index (χ3v) is 2.65. The van der Waals surface area contributed by atoms with Gasteiger partial charge in [0.25, 0.3) is 0 Å². The lowest BCUT2D eigenvalue weighted by Gasteiger charge is -2.10. The highest BCUT2D eigenvalue weighted by Crippen LogP contribution is 2.15. The van der Waals surface area contributed by atoms with Crippen LogP contribution < -0.4 is 5.73 Å². The van der Waals surface area contributed by atoms with Crippen molar-refractivity contribution in [1.82, 2.24) is 0 Å². The summed E-state index contributed by atoms with van der Waals surface area (Å²) in [5, 5.41) is 0.809. The molecule has 3 heteroatoms. The maximum absolute atomic E-state index is 5.82. The van der Waals surface area contributed by atoms with Gasteiger partial charge in [-0.3, -0.25) is 0 Å². The van der Waals surface area contributed by atoms with Gasteiger partial charge in [-0.15, -0.1) is 12.4 Å². The lowest BCUT2D eigenvalue weighted by atomic mass is 9.97. The van der Waals surface area contributed by atoms with E-state index in [0.29, 0.717) is 5.92 Å². The van der Waals surface area contributed by atoms with Crippen molar-refractivity contribution >= 4 is 24.0 Å². The Kier molecular flexibility index (Phi) is 7.85. The standard InChI is InChI=1S/C12H18ClN.ClH/c1-10(3-2-8-14)9-11-4-6-12(13)7-5-11;/h4-7,10H,2-3,8-9,14H2,1H3;1H/t10-;/m0./s1. The van der Waals surface area contributed by atoms with Crippen molar-refractivity contribution in [3.05, 3.63) is 34.9 Å². The van der Waals surface area contributed by atoms with E-state index in [1.807, 2.05) is 12.1 Å². The van der Waals surface area contributed by atoms with Crippen LogP contribution >= 0.6 is 24.0 Å². The van der Waals surface area contributed by atoms with Crippen LogP contribution in [0.4, 0.5) is 0 Å². The van der Waals surface area contributed by atoms with Crippen LogP contribution in [0.25, 0.3) is 0 Å². The fraction of sp³-hybridized carbons (Fsp3) is 0.500. The second-order valence-corrected chi connectivity index (χ2v) is 4.30. The van der Waals surface area contributed by atoms with E-state index >= 15 is 0 Å². The number of nitrogens with two attached hydrogens (primary N) is 1. The Hall–Kier alpha value is -0.240. The normalized spacial score (nSPS) is 11.9. The van der Waals surface area contributed by atoms with Gasteiger partial charge in [-0.2, -0.15) is 0 Å². The highest BCUT2D eigenvalue weighted by molar-refractivity contribution is 6.30. The maximum atomic E-state index is 5.82. The predicted molar refractivity (Wildman–Crippen MR) is 69.9 cm³/mol. The predicted octanol–water partition coefficient (Wildman–Crippen LogP) is 3.68. The summed E-state index contributed by atoms with van der Waals surface area (Å²) in [5.74, 6) is 0.708. The first-order valence-corrected chi connectivity index (χ1v) is 5.54. The smallest absolute Gasteiger partial charge is 0.0406 e. The summed E-state index contributed by atoms with van der Waals surface area (Å²) in [6, 6.07) is 8.10. The van der Waals surface area contributed by atoms with Crippen LogP contribution in [0.5, 0.6) is 0 Å². The largest absolute Gasteiger partial charge is 0.330 e. The molecule has 0 aliphatic heterocycles. The number of hydrogen-bond donors (Lipinski definition) is 1. The molecule has 0 aliphatic carbocycles. The minimum atomic E-state index is 0. The summed E-state index contributed by atoms with van der Waals surface area (Å²) in [4.78, 5) is 0. The second-order valence-electron chi connectivity index (χ2n) is 3.87. The minimum absolute atomic E-state index is 0. The van der Waals surface area contributed by atoms with E-state index in [-0.39, 0.29) is 12.4 Å². The molecule has 0 heterocycles. The van der Waals surface area contributed by atoms with Crippen molar-refractivity contribution < 1.29 is 0 Å². The van der Waals surface area contributed by atoms with E-state index in [1.54, 1.807) is 0 Å². The minimum Gasteiger partial charge on any atom is -0.330 e. The summed E-state index contributed by atoms with van der Waals surface area (Å²) in [5.41, 5.74) is 6.83. The molecule has 1 rings (SSSR count). The van der Waals surface area contributed by atoms with Gasteiger partial charge in [-0.05, 0) is 49.4 Å². The number of benzene rings is 1. The van der Waals surface area contributed by atoms with E-state index in [9.17, 15) is 0 Å². The lowest BCUT2D eigenvalue weighted by molar-refractivity contribution is 0.512. The molecule has 0 saturated heterocycles. The van der Waals surface area contributed by atoms with Crippen molar-refractivity contribution in [3.8, 4) is 0 Å². The molecule has 0 fully saturated rings. The SMILES string of the molecule is C[C@@H](CCCN)Cc1ccc(Cl)cc1.Cl. The van der Waals surface area contributed by atoms with Gasteiger partial charge in [0.05, 0.1) is 0 Å². The molecule has 1 atom stereocenters. The molecule has 0 spiro atoms. The summed E-state index contributed by atoms with van der Waals surface area (Å²) >= 11 is 5.82. The quantitative estimate of drug-likeness (QED) is 0.845. The van der Waals surface area contributed by atoms with Gasteiger partial charge >= 0.3 is 0 Å². The highest BCUT2D eigenvalue weighted by atomic mass is 35.5. The molecule has 1 nitrogen and oxygen atoms in total. The summed E-state index contributed by atoms with van der Waals surface area (Å²) in [7, 11) is 0. The van der Waals surface area contributed by atoms with Gasteiger partial charge < -0.3 is 5.73 Å². The number of rotatable bonds is 5. The molecule has 1 aromatic rings. The van der Waals surface area contributed by atoms with Gasteiger partial charge in [0.1, 0.15) is 0 Å². The van der Waals surface area contributed by atoms with Gasteiger partial charge in [-0.25, -0.2) is 0 Å². The van der Waals surface area contributed by atoms with Crippen LogP contribution in [-0.2, 0) is 6.42 Å². The summed E-state index contributed by atoms with van der Waals surface area (Å²) in [6.45, 7) is 3.06. The molecule has 0 aliphatic rings. The van der Waals surface area contributed by atoms with Crippen molar-refractivity contribution in [2.45, 2.75) is 26.2 Å². The van der Waals surface area contributed by atoms with Crippen LogP contribution in [0.2, 0.25) is 5.02 Å². The van der Waals surface area contributed by atoms with Gasteiger partial charge in [0.15, 0.2) is 0 Å². The fourth-order valence-electron chi connectivity index (χ4n) is 1.59. The third-order valence-electron chi connectivity index (χ3n) is 2.40. The first-order valence-electron chi connectivity index (χ1n) is 5.17. The second kappa shape index (κ2) is 7.98. The van der Waals surface area contributed by atoms with E-state index in [2.05, 4.69) is 19.1 Å². The van der Waals surface area contributed by atoms with Crippen LogP contribution in [-0.4, -0.2) is 6.54 Å². The van der Waals surface area contributed by atoms with Crippen molar-refractivity contribution in [2.24, 2.45) is 11.7 Å². The molecule has 0 aromatic heterocycles. The Morgan fingerprint density at radius 3 is 2.40 bits per heavy atom. The fourth-order valence-corrected chi connectivity index (χ4v) is 1.72. The Bertz CT molecular complexity index is 259. The lowest BCUT2D eigenvalue weighted by Crippen LogP contribution is -2.04. The van der Waals surface area contributed by atoms with Crippen molar-refractivity contribution in [1.29, 1.82) is 0 Å². The van der Waals surface area contributed by atoms with Gasteiger partial charge in [0, 0.05) is 5.02 Å². The summed E-state index contributed by atoms with van der Waals surface area (Å²) in [6.07, 6.45) is 3.45. The third kappa shape index (κ3) is 6.03. The van der Waals surface area contributed by atoms with E-state index < -0.39 is 0 Å². The Morgan fingerprint density at radius 2 is 1.87 bits per heavy atom. The number of hydrogen-bond acceptors (Lipinski definition) is 1. The van der Waals surface area contributed by atoms with Crippen LogP contribution in [0.1, 0.15) is 25.3 Å². The molecular weight excluding hydrogens is 229 g/mol. The zero-order chi connectivity index (χ0) is 10.4. The van der Waals surface area contributed by atoms with E-state index in [1.165, 1.54) is 12.0 Å². The Balaban J connectivity index is 0.00000196. The molecule has 0 radical (unpaired) electrons. The zero-order valence-corrected chi connectivity index (χ0v) is 10.7. The maximum Gasteiger partial charge on any atom is 0.0406 e. The van der Waals surface area contributed by atoms with Crippen LogP contribution in [0.3, 0.4) is 0 Å². The average Bonchev–Trinajstić information content (AvgIpc) is 2.18. The Morgan fingerprint density at radius 1 is 1.27 bits per heavy atom. The molecule has 1 aromatic carbocycles. The molecule has 2 N–H and O–H groups in total. The molecule has 86 valence electrons. The molecule has 0 unspecified atom stereocenters. The first-order chi connectivity index (χ1) is 6.72. The van der Waals surface area contributed by atoms with Crippen LogP contribution in [0.15, 0.2) is 24.3 Å². The molecule has 0 saturated carbocycles. The molecule has 0 bridgehead atoms. The van der Waals surface area contributed by atoms with Crippen molar-refractivity contribution in [2.75, 3.05) is 6.54 Å². The zero-order valence-electron chi connectivity index (χ0n) is 9.08. The van der Waals surface area contributed by atoms with Crippen molar-refractivity contribution in [3.63, 3.8) is 0 Å². The van der Waals surface area contributed by atoms with E-state index in [4.69, 9.17) is 17.3 Å². The highest BCUT2D eigenvalue weighted by Gasteiger charge is 2.02. The molecular formula is C12H19Cl2N. The topological polar surface area (TPSA) is 26.0 Å². The van der Waals surface area contributed by atoms with Gasteiger partial charge in [0.2, 0.25) is 0 Å². The molecule has 0 amide bonds. The average molecular weight is 248 g/mol. The summed E-state index contributed by atoms with van der Waals surface area (Å²) < 4.78 is 0. The number of halogens is 2. The first kappa shape index (κ1) is 14.8. The monoisotopic (exact) mass is 247 g/mol. The van der Waals surface area contributed by atoms with Gasteiger partial charge in [-0.1, -0.05) is 30.7 Å².